The van der Waals surface area contributed by atoms with Gasteiger partial charge in [-0.2, -0.15) is 0 Å². The van der Waals surface area contributed by atoms with Crippen LogP contribution in [0.25, 0.3) is 21.6 Å². The van der Waals surface area contributed by atoms with E-state index in [1.165, 1.54) is 12.8 Å². The molecule has 0 saturated heterocycles. The number of anilines is 1. The number of rotatable bonds is 5. The SMILES string of the molecule is C[C@@H](Nc1nc(-c2cccs2)nc2ccccc12)C(=O)NC1CCCC1. The maximum atomic E-state index is 12.5. The fourth-order valence-electron chi connectivity index (χ4n) is 3.37. The second-order valence-electron chi connectivity index (χ2n) is 6.75. The molecule has 0 bridgehead atoms. The summed E-state index contributed by atoms with van der Waals surface area (Å²) in [6, 6.07) is 11.8. The molecule has 1 aliphatic rings. The molecular formula is C20H22N4OS. The van der Waals surface area contributed by atoms with Gasteiger partial charge >= 0.3 is 0 Å². The van der Waals surface area contributed by atoms with Crippen LogP contribution in [0.5, 0.6) is 0 Å². The normalized spacial score (nSPS) is 15.9. The number of aromatic nitrogens is 2. The number of para-hydroxylation sites is 1. The van der Waals surface area contributed by atoms with E-state index in [1.807, 2.05) is 48.7 Å². The van der Waals surface area contributed by atoms with Crippen molar-refractivity contribution in [3.63, 3.8) is 0 Å². The Bertz CT molecular complexity index is 903. The van der Waals surface area contributed by atoms with Crippen molar-refractivity contribution < 1.29 is 4.79 Å². The van der Waals surface area contributed by atoms with Gasteiger partial charge in [0.1, 0.15) is 11.9 Å². The molecule has 5 nitrogen and oxygen atoms in total. The van der Waals surface area contributed by atoms with Crippen LogP contribution in [-0.2, 0) is 4.79 Å². The van der Waals surface area contributed by atoms with Gasteiger partial charge in [-0.05, 0) is 43.3 Å². The van der Waals surface area contributed by atoms with Crippen molar-refractivity contribution in [3.8, 4) is 10.7 Å². The second kappa shape index (κ2) is 7.41. The average molecular weight is 366 g/mol. The maximum absolute atomic E-state index is 12.5. The summed E-state index contributed by atoms with van der Waals surface area (Å²) in [4.78, 5) is 22.9. The van der Waals surface area contributed by atoms with Crippen molar-refractivity contribution in [2.75, 3.05) is 5.32 Å². The zero-order chi connectivity index (χ0) is 17.9. The molecule has 6 heteroatoms. The third-order valence-corrected chi connectivity index (χ3v) is 5.66. The second-order valence-corrected chi connectivity index (χ2v) is 7.69. The summed E-state index contributed by atoms with van der Waals surface area (Å²) in [5.74, 6) is 1.41. The largest absolute Gasteiger partial charge is 0.358 e. The molecule has 4 rings (SSSR count). The van der Waals surface area contributed by atoms with E-state index >= 15 is 0 Å². The number of thiophene rings is 1. The smallest absolute Gasteiger partial charge is 0.242 e. The highest BCUT2D eigenvalue weighted by Crippen LogP contribution is 2.27. The van der Waals surface area contributed by atoms with Crippen LogP contribution in [0.3, 0.4) is 0 Å². The van der Waals surface area contributed by atoms with Gasteiger partial charge in [0.2, 0.25) is 5.91 Å². The molecular weight excluding hydrogens is 344 g/mol. The number of nitrogens with one attached hydrogen (secondary N) is 2. The Morgan fingerprint density at radius 2 is 1.96 bits per heavy atom. The van der Waals surface area contributed by atoms with E-state index in [2.05, 4.69) is 15.6 Å². The Morgan fingerprint density at radius 3 is 2.73 bits per heavy atom. The number of fused-ring (bicyclic) bond motifs is 1. The standard InChI is InChI=1S/C20H22N4OS/c1-13(20(25)22-14-7-2-3-8-14)21-18-15-9-4-5-10-16(15)23-19(24-18)17-11-6-12-26-17/h4-6,9-14H,2-3,7-8H2,1H3,(H,22,25)(H,21,23,24)/t13-/m1/s1. The first-order valence-electron chi connectivity index (χ1n) is 9.08. The molecule has 1 amide bonds. The van der Waals surface area contributed by atoms with Crippen LogP contribution in [-0.4, -0.2) is 28.0 Å². The number of hydrogen-bond donors (Lipinski definition) is 2. The number of carbonyl (C=O) groups excluding carboxylic acids is 1. The minimum Gasteiger partial charge on any atom is -0.358 e. The molecule has 2 aromatic heterocycles. The third-order valence-electron chi connectivity index (χ3n) is 4.79. The predicted molar refractivity (Wildman–Crippen MR) is 106 cm³/mol. The number of carbonyl (C=O) groups is 1. The summed E-state index contributed by atoms with van der Waals surface area (Å²) in [7, 11) is 0. The molecule has 3 aromatic rings. The number of nitrogens with zero attached hydrogens (tertiary/aromatic N) is 2. The van der Waals surface area contributed by atoms with E-state index < -0.39 is 0 Å². The predicted octanol–water partition coefficient (Wildman–Crippen LogP) is 4.22. The zero-order valence-electron chi connectivity index (χ0n) is 14.7. The van der Waals surface area contributed by atoms with Gasteiger partial charge in [-0.1, -0.05) is 31.0 Å². The molecule has 1 saturated carbocycles. The lowest BCUT2D eigenvalue weighted by molar-refractivity contribution is -0.122. The first-order chi connectivity index (χ1) is 12.7. The monoisotopic (exact) mass is 366 g/mol. The number of benzene rings is 1. The Kier molecular flexibility index (Phi) is 4.84. The van der Waals surface area contributed by atoms with Crippen LogP contribution in [0.2, 0.25) is 0 Å². The number of amides is 1. The van der Waals surface area contributed by atoms with E-state index in [0.29, 0.717) is 17.7 Å². The molecule has 134 valence electrons. The summed E-state index contributed by atoms with van der Waals surface area (Å²) in [6.45, 7) is 1.88. The van der Waals surface area contributed by atoms with E-state index in [4.69, 9.17) is 4.98 Å². The van der Waals surface area contributed by atoms with Crippen LogP contribution in [0.15, 0.2) is 41.8 Å². The molecule has 0 unspecified atom stereocenters. The highest BCUT2D eigenvalue weighted by Gasteiger charge is 2.21. The van der Waals surface area contributed by atoms with Gasteiger partial charge in [-0.15, -0.1) is 11.3 Å². The van der Waals surface area contributed by atoms with Gasteiger partial charge in [0.15, 0.2) is 5.82 Å². The van der Waals surface area contributed by atoms with E-state index in [0.717, 1.165) is 28.6 Å². The molecule has 0 spiro atoms. The van der Waals surface area contributed by atoms with Crippen LogP contribution < -0.4 is 10.6 Å². The van der Waals surface area contributed by atoms with Gasteiger partial charge in [0, 0.05) is 11.4 Å². The third kappa shape index (κ3) is 3.55. The fourth-order valence-corrected chi connectivity index (χ4v) is 4.03. The molecule has 1 fully saturated rings. The van der Waals surface area contributed by atoms with E-state index in [-0.39, 0.29) is 11.9 Å². The Morgan fingerprint density at radius 1 is 1.15 bits per heavy atom. The van der Waals surface area contributed by atoms with E-state index in [1.54, 1.807) is 11.3 Å². The van der Waals surface area contributed by atoms with Gasteiger partial charge in [-0.25, -0.2) is 9.97 Å². The van der Waals surface area contributed by atoms with Gasteiger partial charge < -0.3 is 10.6 Å². The topological polar surface area (TPSA) is 66.9 Å². The van der Waals surface area contributed by atoms with Crippen LogP contribution in [0.1, 0.15) is 32.6 Å². The lowest BCUT2D eigenvalue weighted by Gasteiger charge is -2.19. The van der Waals surface area contributed by atoms with Crippen molar-refractivity contribution in [2.24, 2.45) is 0 Å². The van der Waals surface area contributed by atoms with Crippen molar-refractivity contribution in [1.29, 1.82) is 0 Å². The zero-order valence-corrected chi connectivity index (χ0v) is 15.6. The lowest BCUT2D eigenvalue weighted by atomic mass is 10.2. The fraction of sp³-hybridized carbons (Fsp3) is 0.350. The first-order valence-corrected chi connectivity index (χ1v) is 9.96. The summed E-state index contributed by atoms with van der Waals surface area (Å²) in [6.07, 6.45) is 4.57. The van der Waals surface area contributed by atoms with Crippen LogP contribution in [0, 0.1) is 0 Å². The van der Waals surface area contributed by atoms with Crippen molar-refractivity contribution in [2.45, 2.75) is 44.7 Å². The summed E-state index contributed by atoms with van der Waals surface area (Å²) >= 11 is 1.61. The van der Waals surface area contributed by atoms with Crippen molar-refractivity contribution >= 4 is 34.0 Å². The highest BCUT2D eigenvalue weighted by molar-refractivity contribution is 7.13. The van der Waals surface area contributed by atoms with Crippen LogP contribution in [0.4, 0.5) is 5.82 Å². The minimum absolute atomic E-state index is 0.0252. The maximum Gasteiger partial charge on any atom is 0.242 e. The molecule has 1 aliphatic carbocycles. The molecule has 0 radical (unpaired) electrons. The van der Waals surface area contributed by atoms with Crippen molar-refractivity contribution in [1.82, 2.24) is 15.3 Å². The van der Waals surface area contributed by atoms with Gasteiger partial charge in [0.25, 0.3) is 0 Å². The Hall–Kier alpha value is -2.47. The number of hydrogen-bond acceptors (Lipinski definition) is 5. The molecule has 0 aliphatic heterocycles. The van der Waals surface area contributed by atoms with Gasteiger partial charge in [0.05, 0.1) is 10.4 Å². The van der Waals surface area contributed by atoms with Gasteiger partial charge in [-0.3, -0.25) is 4.79 Å². The average Bonchev–Trinajstić information content (AvgIpc) is 3.35. The quantitative estimate of drug-likeness (QED) is 0.709. The molecule has 2 heterocycles. The molecule has 26 heavy (non-hydrogen) atoms. The highest BCUT2D eigenvalue weighted by atomic mass is 32.1. The van der Waals surface area contributed by atoms with Crippen molar-refractivity contribution in [3.05, 3.63) is 41.8 Å². The summed E-state index contributed by atoms with van der Waals surface area (Å²) < 4.78 is 0. The molecule has 1 aromatic carbocycles. The first kappa shape index (κ1) is 17.0. The molecule has 1 atom stereocenters. The molecule has 2 N–H and O–H groups in total. The summed E-state index contributed by atoms with van der Waals surface area (Å²) in [5.41, 5.74) is 0.872. The summed E-state index contributed by atoms with van der Waals surface area (Å²) in [5, 5.41) is 9.39. The lowest BCUT2D eigenvalue weighted by Crippen LogP contribution is -2.42. The van der Waals surface area contributed by atoms with E-state index in [9.17, 15) is 4.79 Å². The minimum atomic E-state index is -0.356. The Balaban J connectivity index is 1.61. The van der Waals surface area contributed by atoms with Crippen LogP contribution >= 0.6 is 11.3 Å². The Labute approximate surface area is 156 Å².